The number of hydrogen-bond acceptors (Lipinski definition) is 15. The molecule has 8 aromatic rings. The molecule has 0 radical (unpaired) electrons. The summed E-state index contributed by atoms with van der Waals surface area (Å²) >= 11 is 0. The summed E-state index contributed by atoms with van der Waals surface area (Å²) in [7, 11) is 0. The molecule has 0 atom stereocenters. The molecule has 0 saturated heterocycles. The fraction of sp³-hybridized carbons (Fsp3) is 0.591. The lowest BCUT2D eigenvalue weighted by Gasteiger charge is -2.32. The molecule has 0 fully saturated rings. The van der Waals surface area contributed by atoms with Crippen LogP contribution in [0.5, 0.6) is 40.2 Å². The number of ether oxygens (including phenoxy) is 4. The second-order valence-corrected chi connectivity index (χ2v) is 55.8. The molecule has 8 aromatic carbocycles. The Kier molecular flexibility index (Phi) is 36.2. The lowest BCUT2D eigenvalue weighted by molar-refractivity contribution is -0.170. The average molecular weight is 1950 g/mol. The number of hydrogen-bond donors (Lipinski definition) is 7. The normalized spacial score (nSPS) is 13.3. The second kappa shape index (κ2) is 43.1. The van der Waals surface area contributed by atoms with Crippen molar-refractivity contribution in [3.8, 4) is 40.2 Å². The Hall–Kier alpha value is -9.76. The minimum absolute atomic E-state index is 0.0629. The summed E-state index contributed by atoms with van der Waals surface area (Å²) in [6, 6.07) is 28.8. The molecule has 7 N–H and O–H groups in total. The zero-order valence-corrected chi connectivity index (χ0v) is 96.6. The molecule has 0 spiro atoms. The zero-order valence-electron chi connectivity index (χ0n) is 96.6. The van der Waals surface area contributed by atoms with E-state index in [4.69, 9.17) is 18.9 Å². The molecule has 0 aliphatic rings. The summed E-state index contributed by atoms with van der Waals surface area (Å²) < 4.78 is 24.4. The minimum atomic E-state index is -1.58. The summed E-state index contributed by atoms with van der Waals surface area (Å²) in [5.74, 6) is -0.265. The van der Waals surface area contributed by atoms with E-state index in [1.54, 1.807) is 0 Å². The van der Waals surface area contributed by atoms with Gasteiger partial charge in [-0.1, -0.05) is 376 Å². The summed E-state index contributed by atoms with van der Waals surface area (Å²) in [5, 5.41) is 80.6. The van der Waals surface area contributed by atoms with Crippen LogP contribution in [0.1, 0.15) is 467 Å². The highest BCUT2D eigenvalue weighted by atomic mass is 16.6. The quantitative estimate of drug-likeness (QED) is 0.0197. The fourth-order valence-electron chi connectivity index (χ4n) is 19.0. The van der Waals surface area contributed by atoms with Gasteiger partial charge in [0.05, 0.1) is 0 Å². The molecule has 0 aliphatic heterocycles. The molecule has 15 heteroatoms. The van der Waals surface area contributed by atoms with Crippen LogP contribution in [0, 0.1) is 26.2 Å². The van der Waals surface area contributed by atoms with Crippen LogP contribution >= 0.6 is 0 Å². The van der Waals surface area contributed by atoms with Crippen molar-refractivity contribution in [1.29, 1.82) is 0 Å². The molecular formula is C127H186O15. The van der Waals surface area contributed by atoms with Crippen LogP contribution in [-0.4, -0.2) is 86.1 Å². The van der Waals surface area contributed by atoms with Gasteiger partial charge in [-0.05, 0) is 292 Å². The van der Waals surface area contributed by atoms with E-state index in [0.717, 1.165) is 119 Å². The van der Waals surface area contributed by atoms with E-state index in [2.05, 4.69) is 182 Å². The van der Waals surface area contributed by atoms with Crippen LogP contribution in [0.15, 0.2) is 84.9 Å². The SMILES string of the molecule is CC(C)(C)c1cc(CCC(=O)OCC(COC(=O)CCc2cc(C(C)(C)C)c(O)c(C(C)(C)C)c2)(COC(=O)CCc2cc(C(C)(C)C)c(O)c(C(C)(C)C)c2)COC(=O)CCc2cc(C(C)(C)C)c(O)c(C(C)(C)C)c2)cc(C(C)(C)C)c1O.Cc1c(Cc2cc(C(C)(C)C)c(O)c(C(C)(C)C)c2)c(C)c(Cc2cc(C(C)(C)C)c(O)c(C(C)(C)C)c2)c(C)c1Cc1cc(C(C)(C)C)c(O)c(C(C)(C)C)c1. The van der Waals surface area contributed by atoms with Gasteiger partial charge in [-0.3, -0.25) is 19.2 Å². The lowest BCUT2D eigenvalue weighted by atomic mass is 9.75. The molecule has 0 heterocycles. The predicted molar refractivity (Wildman–Crippen MR) is 587 cm³/mol. The Morgan fingerprint density at radius 3 is 0.401 bits per heavy atom. The van der Waals surface area contributed by atoms with Crippen LogP contribution < -0.4 is 0 Å². The number of phenols is 7. The summed E-state index contributed by atoms with van der Waals surface area (Å²) in [6.07, 6.45) is 3.09. The van der Waals surface area contributed by atoms with Crippen LogP contribution in [0.25, 0.3) is 0 Å². The third-order valence-corrected chi connectivity index (χ3v) is 28.0. The van der Waals surface area contributed by atoms with E-state index in [-0.39, 0.29) is 107 Å². The molecule has 8 rings (SSSR count). The van der Waals surface area contributed by atoms with Gasteiger partial charge >= 0.3 is 23.9 Å². The Balaban J connectivity index is 0.000000416. The van der Waals surface area contributed by atoms with Crippen LogP contribution in [-0.2, 0) is 159 Å². The van der Waals surface area contributed by atoms with Gasteiger partial charge in [0.1, 0.15) is 72.1 Å². The fourth-order valence-corrected chi connectivity index (χ4v) is 19.0. The van der Waals surface area contributed by atoms with Gasteiger partial charge < -0.3 is 54.7 Å². The van der Waals surface area contributed by atoms with Crippen molar-refractivity contribution < 1.29 is 73.9 Å². The first-order valence-corrected chi connectivity index (χ1v) is 51.8. The first-order valence-electron chi connectivity index (χ1n) is 51.8. The zero-order chi connectivity index (χ0) is 109. The maximum Gasteiger partial charge on any atom is 0.306 e. The monoisotopic (exact) mass is 1950 g/mol. The lowest BCUT2D eigenvalue weighted by Crippen LogP contribution is -2.44. The molecule has 142 heavy (non-hydrogen) atoms. The predicted octanol–water partition coefficient (Wildman–Crippen LogP) is 30.2. The van der Waals surface area contributed by atoms with Gasteiger partial charge in [0.15, 0.2) is 0 Å². The molecule has 0 aliphatic carbocycles. The molecule has 0 unspecified atom stereocenters. The number of aryl methyl sites for hydroxylation is 4. The Labute approximate surface area is 857 Å². The first-order chi connectivity index (χ1) is 64.0. The van der Waals surface area contributed by atoms with Crippen molar-refractivity contribution in [2.45, 2.75) is 458 Å². The average Bonchev–Trinajstić information content (AvgIpc) is 0.749. The van der Waals surface area contributed by atoms with Crippen molar-refractivity contribution in [2.24, 2.45) is 5.41 Å². The number of rotatable bonds is 26. The minimum Gasteiger partial charge on any atom is -0.507 e. The summed E-state index contributed by atoms with van der Waals surface area (Å²) in [6.45, 7) is 92.9. The molecule has 0 amide bonds. The highest BCUT2D eigenvalue weighted by molar-refractivity contribution is 5.73. The number of benzene rings is 8. The number of carbonyl (C=O) groups is 4. The highest BCUT2D eigenvalue weighted by Gasteiger charge is 2.41. The van der Waals surface area contributed by atoms with Gasteiger partial charge in [-0.15, -0.1) is 0 Å². The Morgan fingerprint density at radius 2 is 0.296 bits per heavy atom. The number of carbonyl (C=O) groups excluding carboxylic acids is 4. The maximum atomic E-state index is 14.1. The molecule has 0 aromatic heterocycles. The third-order valence-electron chi connectivity index (χ3n) is 28.0. The van der Waals surface area contributed by atoms with E-state index < -0.39 is 99.0 Å². The number of aromatic hydroxyl groups is 7. The van der Waals surface area contributed by atoms with Gasteiger partial charge in [0, 0.05) is 25.7 Å². The standard InChI is InChI=1S/C73H108O12.C54H78O3/c1-65(2,3)49-33-45(34-50(61(49)78)66(4,5)6)25-29-57(74)82-41-73(42-83-58(75)30-26-46-35-51(67(7,8)9)62(79)52(36-46)68(10,11)12,43-84-59(76)31-27-47-37-53(69(13,14)15)63(80)54(38-47)70(16,17)18)44-85-60(77)32-28-48-39-55(71(19,20)21)64(81)56(40-48)72(22,23)24;1-31-37(22-34-25-40(49(4,5)6)46(55)41(26-34)50(7,8)9)32(2)39(24-36-29-44(53(16,17)18)48(57)45(30-36)54(19,20)21)33(3)38(31)23-35-27-42(51(10,11)12)47(56)43(28-35)52(13,14)15/h33-40,78-81H,25-32,41-44H2,1-24H3;25-30,55-57H,22-24H2,1-21H3. The van der Waals surface area contributed by atoms with Gasteiger partial charge in [-0.2, -0.15) is 0 Å². The largest absolute Gasteiger partial charge is 0.507 e. The van der Waals surface area contributed by atoms with Crippen LogP contribution in [0.4, 0.5) is 0 Å². The first kappa shape index (κ1) is 119. The van der Waals surface area contributed by atoms with E-state index in [9.17, 15) is 54.9 Å². The van der Waals surface area contributed by atoms with Gasteiger partial charge in [0.25, 0.3) is 0 Å². The van der Waals surface area contributed by atoms with Crippen molar-refractivity contribution in [3.05, 3.63) is 235 Å². The Bertz CT molecular complexity index is 4970. The summed E-state index contributed by atoms with van der Waals surface area (Å²) in [5.41, 5.74) is 20.7. The van der Waals surface area contributed by atoms with Crippen molar-refractivity contribution >= 4 is 23.9 Å². The summed E-state index contributed by atoms with van der Waals surface area (Å²) in [4.78, 5) is 56.4. The van der Waals surface area contributed by atoms with E-state index in [0.29, 0.717) is 17.2 Å². The van der Waals surface area contributed by atoms with Crippen molar-refractivity contribution in [1.82, 2.24) is 0 Å². The third kappa shape index (κ3) is 30.7. The van der Waals surface area contributed by atoms with E-state index >= 15 is 0 Å². The number of esters is 4. The molecule has 0 saturated carbocycles. The molecule has 15 nitrogen and oxygen atoms in total. The smallest absolute Gasteiger partial charge is 0.306 e. The van der Waals surface area contributed by atoms with Crippen molar-refractivity contribution in [2.75, 3.05) is 26.4 Å². The van der Waals surface area contributed by atoms with E-state index in [1.165, 1.54) is 50.1 Å². The highest BCUT2D eigenvalue weighted by Crippen LogP contribution is 2.50. The maximum absolute atomic E-state index is 14.1. The van der Waals surface area contributed by atoms with E-state index in [1.807, 2.05) is 215 Å². The van der Waals surface area contributed by atoms with Gasteiger partial charge in [0.2, 0.25) is 0 Å². The molecule has 0 bridgehead atoms. The number of phenolic OH excluding ortho intramolecular Hbond substituents is 7. The topological polar surface area (TPSA) is 247 Å². The molecular weight excluding hydrogens is 1770 g/mol. The molecule has 784 valence electrons. The van der Waals surface area contributed by atoms with Crippen LogP contribution in [0.2, 0.25) is 0 Å². The van der Waals surface area contributed by atoms with Crippen molar-refractivity contribution in [3.63, 3.8) is 0 Å². The second-order valence-electron chi connectivity index (χ2n) is 55.8. The van der Waals surface area contributed by atoms with Crippen LogP contribution in [0.3, 0.4) is 0 Å². The Morgan fingerprint density at radius 1 is 0.190 bits per heavy atom. The van der Waals surface area contributed by atoms with Gasteiger partial charge in [-0.25, -0.2) is 0 Å².